The molecule has 1 unspecified atom stereocenters. The summed E-state index contributed by atoms with van der Waals surface area (Å²) in [6.07, 6.45) is 74.5. The van der Waals surface area contributed by atoms with E-state index in [2.05, 4.69) is 106 Å². The van der Waals surface area contributed by atoms with E-state index in [9.17, 15) is 9.59 Å². The summed E-state index contributed by atoms with van der Waals surface area (Å²) < 4.78 is 17.4. The lowest BCUT2D eigenvalue weighted by atomic mass is 10.1. The topological polar surface area (TPSA) is 61.8 Å². The SMILES string of the molecule is CC/C=C\C/C=C\C/C=C\C/C=C\CCCCCCCCCOCC(COC(=O)CCCCCCCCC/C=C\C/C=C\CCCCC)OC(=O)CCCCCCC/C=C\CCCCCC. The van der Waals surface area contributed by atoms with Crippen molar-refractivity contribution in [3.8, 4) is 0 Å². The summed E-state index contributed by atoms with van der Waals surface area (Å²) in [5, 5.41) is 0. The second-order valence-corrected chi connectivity index (χ2v) is 18.4. The van der Waals surface area contributed by atoms with Crippen molar-refractivity contribution in [3.63, 3.8) is 0 Å². The minimum Gasteiger partial charge on any atom is -0.462 e. The van der Waals surface area contributed by atoms with Gasteiger partial charge in [-0.3, -0.25) is 9.59 Å². The maximum absolute atomic E-state index is 12.8. The van der Waals surface area contributed by atoms with Crippen LogP contribution in [0.25, 0.3) is 0 Å². The van der Waals surface area contributed by atoms with E-state index in [0.29, 0.717) is 19.4 Å². The first-order chi connectivity index (χ1) is 32.6. The Morgan fingerprint density at radius 1 is 0.348 bits per heavy atom. The molecule has 0 saturated heterocycles. The molecule has 0 N–H and O–H groups in total. The van der Waals surface area contributed by atoms with E-state index >= 15 is 0 Å². The molecule has 0 aromatic heterocycles. The van der Waals surface area contributed by atoms with Crippen molar-refractivity contribution in [2.75, 3.05) is 19.8 Å². The van der Waals surface area contributed by atoms with Gasteiger partial charge < -0.3 is 14.2 Å². The molecular weight excluding hydrogens is 813 g/mol. The van der Waals surface area contributed by atoms with Gasteiger partial charge in [0, 0.05) is 19.4 Å². The fourth-order valence-corrected chi connectivity index (χ4v) is 7.70. The highest BCUT2D eigenvalue weighted by Crippen LogP contribution is 2.14. The maximum Gasteiger partial charge on any atom is 0.306 e. The Bertz CT molecular complexity index is 1220. The molecule has 0 amide bonds. The number of rotatable bonds is 51. The summed E-state index contributed by atoms with van der Waals surface area (Å²) in [6, 6.07) is 0. The van der Waals surface area contributed by atoms with E-state index in [-0.39, 0.29) is 25.2 Å². The van der Waals surface area contributed by atoms with Gasteiger partial charge in [0.05, 0.1) is 6.61 Å². The van der Waals surface area contributed by atoms with Gasteiger partial charge in [-0.05, 0) is 116 Å². The van der Waals surface area contributed by atoms with Gasteiger partial charge in [0.15, 0.2) is 6.10 Å². The number of esters is 2. The van der Waals surface area contributed by atoms with Crippen molar-refractivity contribution in [1.82, 2.24) is 0 Å². The van der Waals surface area contributed by atoms with Crippen LogP contribution in [0.2, 0.25) is 0 Å². The average Bonchev–Trinajstić information content (AvgIpc) is 3.32. The van der Waals surface area contributed by atoms with Crippen molar-refractivity contribution in [2.24, 2.45) is 0 Å². The lowest BCUT2D eigenvalue weighted by Crippen LogP contribution is -2.30. The number of carbonyl (C=O) groups excluding carboxylic acids is 2. The van der Waals surface area contributed by atoms with Crippen LogP contribution in [-0.4, -0.2) is 37.9 Å². The van der Waals surface area contributed by atoms with Crippen LogP contribution in [-0.2, 0) is 23.8 Å². The Morgan fingerprint density at radius 2 is 0.682 bits per heavy atom. The largest absolute Gasteiger partial charge is 0.462 e. The van der Waals surface area contributed by atoms with E-state index in [1.807, 2.05) is 0 Å². The molecule has 0 spiro atoms. The van der Waals surface area contributed by atoms with Gasteiger partial charge in [-0.15, -0.1) is 0 Å². The van der Waals surface area contributed by atoms with Gasteiger partial charge in [0.1, 0.15) is 6.61 Å². The lowest BCUT2D eigenvalue weighted by molar-refractivity contribution is -0.163. The first-order valence-corrected chi connectivity index (χ1v) is 28.1. The summed E-state index contributed by atoms with van der Waals surface area (Å²) in [5.41, 5.74) is 0. The van der Waals surface area contributed by atoms with E-state index in [4.69, 9.17) is 14.2 Å². The monoisotopic (exact) mass is 919 g/mol. The molecule has 0 saturated carbocycles. The molecule has 380 valence electrons. The molecule has 0 aromatic carbocycles. The summed E-state index contributed by atoms with van der Waals surface area (Å²) >= 11 is 0. The second-order valence-electron chi connectivity index (χ2n) is 18.4. The van der Waals surface area contributed by atoms with E-state index < -0.39 is 6.10 Å². The molecule has 0 bridgehead atoms. The zero-order chi connectivity index (χ0) is 47.7. The molecule has 66 heavy (non-hydrogen) atoms. The molecule has 5 nitrogen and oxygen atoms in total. The molecule has 0 aromatic rings. The summed E-state index contributed by atoms with van der Waals surface area (Å²) in [6.45, 7) is 7.65. The van der Waals surface area contributed by atoms with Gasteiger partial charge in [-0.1, -0.05) is 221 Å². The Balaban J connectivity index is 4.30. The Hall–Kier alpha value is -2.92. The normalized spacial score (nSPS) is 12.8. The number of hydrogen-bond acceptors (Lipinski definition) is 5. The third kappa shape index (κ3) is 53.7. The van der Waals surface area contributed by atoms with Crippen molar-refractivity contribution >= 4 is 11.9 Å². The van der Waals surface area contributed by atoms with Crippen molar-refractivity contribution in [3.05, 3.63) is 85.1 Å². The van der Waals surface area contributed by atoms with Gasteiger partial charge >= 0.3 is 11.9 Å². The van der Waals surface area contributed by atoms with Gasteiger partial charge in [0.2, 0.25) is 0 Å². The second kappa shape index (κ2) is 56.4. The van der Waals surface area contributed by atoms with Crippen molar-refractivity contribution < 1.29 is 23.8 Å². The van der Waals surface area contributed by atoms with E-state index in [1.165, 1.54) is 141 Å². The molecule has 0 fully saturated rings. The van der Waals surface area contributed by atoms with Crippen LogP contribution in [0, 0.1) is 0 Å². The minimum absolute atomic E-state index is 0.0707. The minimum atomic E-state index is -0.553. The number of allylic oxidation sites excluding steroid dienone is 14. The summed E-state index contributed by atoms with van der Waals surface area (Å²) in [7, 11) is 0. The summed E-state index contributed by atoms with van der Waals surface area (Å²) in [4.78, 5) is 25.5. The molecular formula is C61H106O5. The quantitative estimate of drug-likeness (QED) is 0.0346. The first kappa shape index (κ1) is 63.1. The van der Waals surface area contributed by atoms with E-state index in [1.54, 1.807) is 0 Å². The smallest absolute Gasteiger partial charge is 0.306 e. The number of carbonyl (C=O) groups is 2. The molecule has 0 aliphatic heterocycles. The fourth-order valence-electron chi connectivity index (χ4n) is 7.70. The molecule has 0 aliphatic rings. The fraction of sp³-hybridized carbons (Fsp3) is 0.738. The third-order valence-electron chi connectivity index (χ3n) is 11.9. The Morgan fingerprint density at radius 3 is 1.14 bits per heavy atom. The zero-order valence-electron chi connectivity index (χ0n) is 43.7. The number of hydrogen-bond donors (Lipinski definition) is 0. The van der Waals surface area contributed by atoms with Crippen LogP contribution in [0.1, 0.15) is 265 Å². The highest BCUT2D eigenvalue weighted by atomic mass is 16.6. The van der Waals surface area contributed by atoms with E-state index in [0.717, 1.165) is 89.9 Å². The number of unbranched alkanes of at least 4 members (excludes halogenated alkanes) is 26. The average molecular weight is 920 g/mol. The zero-order valence-corrected chi connectivity index (χ0v) is 43.7. The highest BCUT2D eigenvalue weighted by Gasteiger charge is 2.17. The molecule has 0 heterocycles. The van der Waals surface area contributed by atoms with Crippen molar-refractivity contribution in [1.29, 1.82) is 0 Å². The molecule has 0 rings (SSSR count). The maximum atomic E-state index is 12.8. The van der Waals surface area contributed by atoms with Crippen LogP contribution in [0.5, 0.6) is 0 Å². The third-order valence-corrected chi connectivity index (χ3v) is 11.9. The Kier molecular flexibility index (Phi) is 53.9. The highest BCUT2D eigenvalue weighted by molar-refractivity contribution is 5.70. The molecule has 5 heteroatoms. The van der Waals surface area contributed by atoms with Crippen LogP contribution >= 0.6 is 0 Å². The Labute approximate surface area is 409 Å². The van der Waals surface area contributed by atoms with Crippen molar-refractivity contribution in [2.45, 2.75) is 271 Å². The standard InChI is InChI=1S/C61H106O5/c1-4-7-10-13-16-19-22-25-27-29-30-31-33-35-38-41-44-47-50-53-56-64-57-59(66-61(63)55-52-49-46-43-40-36-24-21-18-15-12-9-6-3)58-65-60(62)54-51-48-45-42-39-37-34-32-28-26-23-20-17-14-11-8-5-2/h7,10,16-17,19-21,24-28,30-31,59H,4-6,8-9,11-15,18,22-23,29,32-58H2,1-3H3/b10-7-,19-16-,20-17-,24-21-,27-25-,28-26-,31-30-. The first-order valence-electron chi connectivity index (χ1n) is 28.1. The van der Waals surface area contributed by atoms with Crippen LogP contribution in [0.4, 0.5) is 0 Å². The van der Waals surface area contributed by atoms with Gasteiger partial charge in [0.25, 0.3) is 0 Å². The molecule has 0 aliphatic carbocycles. The predicted molar refractivity (Wildman–Crippen MR) is 288 cm³/mol. The molecule has 1 atom stereocenters. The van der Waals surface area contributed by atoms with Crippen LogP contribution in [0.15, 0.2) is 85.1 Å². The predicted octanol–water partition coefficient (Wildman–Crippen LogP) is 19.2. The van der Waals surface area contributed by atoms with Gasteiger partial charge in [-0.25, -0.2) is 0 Å². The molecule has 0 radical (unpaired) electrons. The van der Waals surface area contributed by atoms with Crippen LogP contribution < -0.4 is 0 Å². The van der Waals surface area contributed by atoms with Gasteiger partial charge in [-0.2, -0.15) is 0 Å². The van der Waals surface area contributed by atoms with Crippen LogP contribution in [0.3, 0.4) is 0 Å². The summed E-state index contributed by atoms with van der Waals surface area (Å²) in [5.74, 6) is -0.419. The number of ether oxygens (including phenoxy) is 3. The lowest BCUT2D eigenvalue weighted by Gasteiger charge is -2.18.